The van der Waals surface area contributed by atoms with Crippen LogP contribution in [0.1, 0.15) is 23.0 Å². The van der Waals surface area contributed by atoms with Gasteiger partial charge in [0, 0.05) is 34.9 Å². The maximum absolute atomic E-state index is 14.5. The summed E-state index contributed by atoms with van der Waals surface area (Å²) < 4.78 is 14.5. The van der Waals surface area contributed by atoms with Gasteiger partial charge in [-0.25, -0.2) is 9.38 Å². The third-order valence-electron chi connectivity index (χ3n) is 4.60. The number of aromatic amines is 1. The summed E-state index contributed by atoms with van der Waals surface area (Å²) >= 11 is 1.28. The highest BCUT2D eigenvalue weighted by Gasteiger charge is 2.29. The standard InChI is InChI=1S/C21H18FN5OS/c1-21(8-10-29-20(23)27-21)15-11-14(5-6-16(15)22)26-19(28)18-7-4-13(12-25-18)17-3-2-9-24-17/h2-12,24H,1H3,(H2,23,27)(H,26,28)/t21-/m0/s1. The van der Waals surface area contributed by atoms with Gasteiger partial charge in [-0.05, 0) is 60.9 Å². The molecule has 1 amide bonds. The molecule has 0 fully saturated rings. The van der Waals surface area contributed by atoms with Crippen LogP contribution in [0.3, 0.4) is 0 Å². The average molecular weight is 407 g/mol. The number of carbonyl (C=O) groups excluding carboxylic acids is 1. The van der Waals surface area contributed by atoms with Crippen LogP contribution in [0, 0.1) is 5.82 Å². The number of hydrogen-bond donors (Lipinski definition) is 3. The Morgan fingerprint density at radius 3 is 2.83 bits per heavy atom. The Balaban J connectivity index is 1.56. The van der Waals surface area contributed by atoms with Crippen molar-refractivity contribution >= 4 is 28.5 Å². The molecule has 1 aliphatic rings. The molecule has 1 aliphatic heterocycles. The second-order valence-electron chi connectivity index (χ2n) is 6.68. The third kappa shape index (κ3) is 3.93. The molecule has 0 radical (unpaired) electrons. The number of benzene rings is 1. The van der Waals surface area contributed by atoms with Crippen LogP contribution < -0.4 is 11.1 Å². The van der Waals surface area contributed by atoms with Crippen LogP contribution in [0.4, 0.5) is 10.1 Å². The van der Waals surface area contributed by atoms with Crippen molar-refractivity contribution in [3.8, 4) is 11.3 Å². The molecule has 3 aromatic rings. The molecule has 146 valence electrons. The zero-order valence-corrected chi connectivity index (χ0v) is 16.3. The molecule has 6 nitrogen and oxygen atoms in total. The molecule has 0 bridgehead atoms. The van der Waals surface area contributed by atoms with Crippen LogP contribution in [-0.2, 0) is 5.54 Å². The minimum atomic E-state index is -0.934. The van der Waals surface area contributed by atoms with Gasteiger partial charge in [-0.2, -0.15) is 0 Å². The van der Waals surface area contributed by atoms with E-state index in [4.69, 9.17) is 5.73 Å². The summed E-state index contributed by atoms with van der Waals surface area (Å²) in [6, 6.07) is 11.6. The molecule has 0 spiro atoms. The SMILES string of the molecule is C[C@@]1(c2cc(NC(=O)c3ccc(-c4ccc[nH]4)cn3)ccc2F)C=CSC(N)=N1. The van der Waals surface area contributed by atoms with E-state index in [1.165, 1.54) is 23.9 Å². The first-order valence-electron chi connectivity index (χ1n) is 8.85. The zero-order chi connectivity index (χ0) is 20.4. The molecule has 0 saturated heterocycles. The van der Waals surface area contributed by atoms with Crippen molar-refractivity contribution in [2.75, 3.05) is 5.32 Å². The van der Waals surface area contributed by atoms with Gasteiger partial charge in [0.2, 0.25) is 0 Å². The maximum atomic E-state index is 14.5. The molecular formula is C21H18FN5OS. The fraction of sp³-hybridized carbons (Fsp3) is 0.0952. The van der Waals surface area contributed by atoms with Crippen molar-refractivity contribution in [1.29, 1.82) is 0 Å². The topological polar surface area (TPSA) is 96.2 Å². The number of nitrogens with two attached hydrogens (primary N) is 1. The molecule has 0 unspecified atom stereocenters. The van der Waals surface area contributed by atoms with E-state index in [0.717, 1.165) is 11.3 Å². The molecule has 29 heavy (non-hydrogen) atoms. The Morgan fingerprint density at radius 2 is 2.14 bits per heavy atom. The lowest BCUT2D eigenvalue weighted by molar-refractivity contribution is 0.102. The van der Waals surface area contributed by atoms with Crippen LogP contribution in [0.2, 0.25) is 0 Å². The summed E-state index contributed by atoms with van der Waals surface area (Å²) in [4.78, 5) is 24.3. The van der Waals surface area contributed by atoms with Crippen molar-refractivity contribution in [3.05, 3.63) is 83.4 Å². The minimum Gasteiger partial charge on any atom is -0.378 e. The Bertz CT molecular complexity index is 1110. The number of hydrogen-bond acceptors (Lipinski definition) is 5. The van der Waals surface area contributed by atoms with Gasteiger partial charge in [-0.1, -0.05) is 11.8 Å². The van der Waals surface area contributed by atoms with Crippen molar-refractivity contribution in [2.45, 2.75) is 12.5 Å². The lowest BCUT2D eigenvalue weighted by Gasteiger charge is -2.26. The van der Waals surface area contributed by atoms with Gasteiger partial charge in [0.1, 0.15) is 17.1 Å². The molecule has 4 rings (SSSR count). The number of H-pyrrole nitrogens is 1. The van der Waals surface area contributed by atoms with Crippen molar-refractivity contribution in [2.24, 2.45) is 10.7 Å². The first-order chi connectivity index (χ1) is 13.9. The van der Waals surface area contributed by atoms with Crippen molar-refractivity contribution in [1.82, 2.24) is 9.97 Å². The minimum absolute atomic E-state index is 0.258. The summed E-state index contributed by atoms with van der Waals surface area (Å²) in [6.45, 7) is 1.76. The van der Waals surface area contributed by atoms with Gasteiger partial charge in [-0.3, -0.25) is 9.78 Å². The number of thioether (sulfide) groups is 1. The van der Waals surface area contributed by atoms with E-state index in [-0.39, 0.29) is 11.6 Å². The number of halogens is 1. The maximum Gasteiger partial charge on any atom is 0.274 e. The number of aliphatic imine (C=N–C) groups is 1. The van der Waals surface area contributed by atoms with E-state index in [9.17, 15) is 9.18 Å². The Labute approximate surface area is 171 Å². The van der Waals surface area contributed by atoms with Gasteiger partial charge in [0.25, 0.3) is 5.91 Å². The first kappa shape index (κ1) is 18.9. The van der Waals surface area contributed by atoms with E-state index >= 15 is 0 Å². The predicted molar refractivity (Wildman–Crippen MR) is 114 cm³/mol. The normalized spacial score (nSPS) is 18.3. The van der Waals surface area contributed by atoms with E-state index in [0.29, 0.717) is 16.4 Å². The van der Waals surface area contributed by atoms with Crippen LogP contribution in [0.25, 0.3) is 11.3 Å². The number of aromatic nitrogens is 2. The summed E-state index contributed by atoms with van der Waals surface area (Å²) in [5.41, 5.74) is 7.69. The quantitative estimate of drug-likeness (QED) is 0.602. The van der Waals surface area contributed by atoms with E-state index in [2.05, 4.69) is 20.3 Å². The Kier molecular flexibility index (Phi) is 4.94. The van der Waals surface area contributed by atoms with Gasteiger partial charge in [0.05, 0.1) is 0 Å². The van der Waals surface area contributed by atoms with Crippen LogP contribution in [0.5, 0.6) is 0 Å². The number of anilines is 1. The van der Waals surface area contributed by atoms with Crippen molar-refractivity contribution < 1.29 is 9.18 Å². The fourth-order valence-corrected chi connectivity index (χ4v) is 3.78. The van der Waals surface area contributed by atoms with Crippen LogP contribution >= 0.6 is 11.8 Å². The molecule has 0 aliphatic carbocycles. The number of amides is 1. The van der Waals surface area contributed by atoms with Crippen LogP contribution in [-0.4, -0.2) is 21.0 Å². The number of pyridine rings is 1. The van der Waals surface area contributed by atoms with Crippen LogP contribution in [0.15, 0.2) is 71.3 Å². The summed E-state index contributed by atoms with van der Waals surface area (Å²) in [6.07, 6.45) is 5.22. The summed E-state index contributed by atoms with van der Waals surface area (Å²) in [7, 11) is 0. The third-order valence-corrected chi connectivity index (χ3v) is 5.20. The van der Waals surface area contributed by atoms with E-state index < -0.39 is 11.4 Å². The van der Waals surface area contributed by atoms with Gasteiger partial charge in [-0.15, -0.1) is 0 Å². The molecule has 3 heterocycles. The molecule has 2 aromatic heterocycles. The highest BCUT2D eigenvalue weighted by molar-refractivity contribution is 8.16. The van der Waals surface area contributed by atoms with E-state index in [1.54, 1.807) is 36.7 Å². The molecule has 0 saturated carbocycles. The first-order valence-corrected chi connectivity index (χ1v) is 9.73. The average Bonchev–Trinajstić information content (AvgIpc) is 3.24. The second kappa shape index (κ2) is 7.56. The fourth-order valence-electron chi connectivity index (χ4n) is 3.06. The molecule has 1 aromatic carbocycles. The highest BCUT2D eigenvalue weighted by atomic mass is 32.2. The number of nitrogens with one attached hydrogen (secondary N) is 2. The van der Waals surface area contributed by atoms with Crippen molar-refractivity contribution in [3.63, 3.8) is 0 Å². The summed E-state index contributed by atoms with van der Waals surface area (Å²) in [5, 5.41) is 4.90. The second-order valence-corrected chi connectivity index (χ2v) is 7.61. The lowest BCUT2D eigenvalue weighted by atomic mass is 9.92. The van der Waals surface area contributed by atoms with Gasteiger partial charge in [0.15, 0.2) is 5.17 Å². The number of rotatable bonds is 4. The van der Waals surface area contributed by atoms with Gasteiger partial charge < -0.3 is 16.0 Å². The van der Waals surface area contributed by atoms with E-state index in [1.807, 2.05) is 24.4 Å². The predicted octanol–water partition coefficient (Wildman–Crippen LogP) is 4.26. The smallest absolute Gasteiger partial charge is 0.274 e. The van der Waals surface area contributed by atoms with Gasteiger partial charge >= 0.3 is 0 Å². The largest absolute Gasteiger partial charge is 0.378 e. The lowest BCUT2D eigenvalue weighted by Crippen LogP contribution is -2.25. The molecule has 1 atom stereocenters. The molecule has 8 heteroatoms. The zero-order valence-electron chi connectivity index (χ0n) is 15.5. The number of carbonyl (C=O) groups is 1. The monoisotopic (exact) mass is 407 g/mol. The Morgan fingerprint density at radius 1 is 1.28 bits per heavy atom. The number of nitrogens with zero attached hydrogens (tertiary/aromatic N) is 2. The Hall–Kier alpha value is -3.39. The highest BCUT2D eigenvalue weighted by Crippen LogP contribution is 2.35. The molecular weight excluding hydrogens is 389 g/mol. The summed E-state index contributed by atoms with van der Waals surface area (Å²) in [5.74, 6) is -0.810. The number of amidine groups is 1. The molecule has 4 N–H and O–H groups in total.